The Kier molecular flexibility index (Phi) is 6.22. The highest BCUT2D eigenvalue weighted by molar-refractivity contribution is 5.89. The first-order chi connectivity index (χ1) is 8.65. The summed E-state index contributed by atoms with van der Waals surface area (Å²) in [6.45, 7) is 9.93. The second-order valence-electron chi connectivity index (χ2n) is 4.22. The van der Waals surface area contributed by atoms with Crippen LogP contribution >= 0.6 is 0 Å². The van der Waals surface area contributed by atoms with Crippen LogP contribution in [0.5, 0.6) is 0 Å². The van der Waals surface area contributed by atoms with Crippen LogP contribution in [0.15, 0.2) is 24.3 Å². The lowest BCUT2D eigenvalue weighted by Crippen LogP contribution is -2.28. The number of rotatable bonds is 7. The summed E-state index contributed by atoms with van der Waals surface area (Å²) in [6.07, 6.45) is 0. The van der Waals surface area contributed by atoms with E-state index in [1.54, 1.807) is 0 Å². The smallest absolute Gasteiger partial charge is 0.221 e. The summed E-state index contributed by atoms with van der Waals surface area (Å²) >= 11 is 0. The third-order valence-corrected chi connectivity index (χ3v) is 2.83. The molecule has 0 atom stereocenters. The molecule has 0 heterocycles. The van der Waals surface area contributed by atoms with E-state index < -0.39 is 0 Å². The number of nitrogens with zero attached hydrogens (tertiary/aromatic N) is 1. The molecule has 0 aliphatic heterocycles. The molecule has 1 aromatic rings. The summed E-state index contributed by atoms with van der Waals surface area (Å²) in [5.41, 5.74) is 1.86. The van der Waals surface area contributed by atoms with E-state index >= 15 is 0 Å². The van der Waals surface area contributed by atoms with Gasteiger partial charge in [-0.1, -0.05) is 19.9 Å². The van der Waals surface area contributed by atoms with Gasteiger partial charge in [0.25, 0.3) is 0 Å². The topological polar surface area (TPSA) is 44.4 Å². The minimum Gasteiger partial charge on any atom is -0.384 e. The van der Waals surface area contributed by atoms with Crippen LogP contribution in [0.2, 0.25) is 0 Å². The maximum absolute atomic E-state index is 11.0. The van der Waals surface area contributed by atoms with Crippen molar-refractivity contribution in [1.29, 1.82) is 0 Å². The average Bonchev–Trinajstić information content (AvgIpc) is 2.34. The maximum atomic E-state index is 11.0. The van der Waals surface area contributed by atoms with Gasteiger partial charge in [-0.2, -0.15) is 0 Å². The molecule has 0 saturated heterocycles. The number of amides is 1. The molecule has 1 amide bonds. The Morgan fingerprint density at radius 1 is 1.22 bits per heavy atom. The summed E-state index contributed by atoms with van der Waals surface area (Å²) < 4.78 is 0. The monoisotopic (exact) mass is 249 g/mol. The average molecular weight is 249 g/mol. The molecule has 0 saturated carbocycles. The molecule has 0 unspecified atom stereocenters. The van der Waals surface area contributed by atoms with Crippen molar-refractivity contribution in [2.24, 2.45) is 0 Å². The fraction of sp³-hybridized carbons (Fsp3) is 0.500. The summed E-state index contributed by atoms with van der Waals surface area (Å²) in [4.78, 5) is 13.3. The molecule has 1 aromatic carbocycles. The van der Waals surface area contributed by atoms with Crippen molar-refractivity contribution in [3.63, 3.8) is 0 Å². The number of hydrogen-bond donors (Lipinski definition) is 2. The van der Waals surface area contributed by atoms with Crippen LogP contribution in [0.25, 0.3) is 0 Å². The first-order valence-electron chi connectivity index (χ1n) is 6.49. The van der Waals surface area contributed by atoms with E-state index in [-0.39, 0.29) is 5.91 Å². The van der Waals surface area contributed by atoms with Crippen molar-refractivity contribution in [2.75, 3.05) is 36.8 Å². The van der Waals surface area contributed by atoms with Gasteiger partial charge >= 0.3 is 0 Å². The van der Waals surface area contributed by atoms with Gasteiger partial charge in [-0.15, -0.1) is 0 Å². The van der Waals surface area contributed by atoms with Gasteiger partial charge in [0.2, 0.25) is 5.91 Å². The Labute approximate surface area is 109 Å². The quantitative estimate of drug-likeness (QED) is 0.780. The largest absolute Gasteiger partial charge is 0.384 e. The normalized spacial score (nSPS) is 10.4. The van der Waals surface area contributed by atoms with Crippen LogP contribution in [0.4, 0.5) is 11.4 Å². The van der Waals surface area contributed by atoms with E-state index in [2.05, 4.69) is 29.4 Å². The lowest BCUT2D eigenvalue weighted by Gasteiger charge is -2.18. The zero-order valence-electron chi connectivity index (χ0n) is 11.5. The lowest BCUT2D eigenvalue weighted by molar-refractivity contribution is -0.114. The SMILES string of the molecule is CCN(CC)CCNc1cccc(NC(C)=O)c1. The predicted octanol–water partition coefficient (Wildman–Crippen LogP) is 2.40. The van der Waals surface area contributed by atoms with Crippen LogP contribution in [-0.4, -0.2) is 37.0 Å². The van der Waals surface area contributed by atoms with Crippen molar-refractivity contribution < 1.29 is 4.79 Å². The first-order valence-corrected chi connectivity index (χ1v) is 6.49. The summed E-state index contributed by atoms with van der Waals surface area (Å²) in [7, 11) is 0. The first kappa shape index (κ1) is 14.5. The number of benzene rings is 1. The van der Waals surface area contributed by atoms with E-state index in [0.717, 1.165) is 37.6 Å². The Balaban J connectivity index is 2.44. The summed E-state index contributed by atoms with van der Waals surface area (Å²) in [6, 6.07) is 7.78. The minimum absolute atomic E-state index is 0.0460. The Morgan fingerprint density at radius 3 is 2.50 bits per heavy atom. The molecule has 0 aliphatic rings. The van der Waals surface area contributed by atoms with Gasteiger partial charge in [-0.05, 0) is 31.3 Å². The van der Waals surface area contributed by atoms with Crippen LogP contribution < -0.4 is 10.6 Å². The molecule has 0 radical (unpaired) electrons. The van der Waals surface area contributed by atoms with E-state index in [4.69, 9.17) is 0 Å². The second kappa shape index (κ2) is 7.71. The molecular weight excluding hydrogens is 226 g/mol. The van der Waals surface area contributed by atoms with Crippen LogP contribution in [0, 0.1) is 0 Å². The number of hydrogen-bond acceptors (Lipinski definition) is 3. The molecule has 100 valence electrons. The zero-order valence-corrected chi connectivity index (χ0v) is 11.5. The van der Waals surface area contributed by atoms with Crippen LogP contribution in [0.3, 0.4) is 0 Å². The lowest BCUT2D eigenvalue weighted by atomic mass is 10.2. The van der Waals surface area contributed by atoms with Gasteiger partial charge in [0.05, 0.1) is 0 Å². The maximum Gasteiger partial charge on any atom is 0.221 e. The fourth-order valence-electron chi connectivity index (χ4n) is 1.81. The predicted molar refractivity (Wildman–Crippen MR) is 77.0 cm³/mol. The Bertz CT molecular complexity index is 375. The van der Waals surface area contributed by atoms with E-state index in [9.17, 15) is 4.79 Å². The summed E-state index contributed by atoms with van der Waals surface area (Å²) in [5, 5.41) is 6.14. The third-order valence-electron chi connectivity index (χ3n) is 2.83. The van der Waals surface area contributed by atoms with Crippen LogP contribution in [0.1, 0.15) is 20.8 Å². The molecule has 0 fully saturated rings. The number of carbonyl (C=O) groups excluding carboxylic acids is 1. The van der Waals surface area contributed by atoms with Crippen molar-refractivity contribution in [1.82, 2.24) is 4.90 Å². The van der Waals surface area contributed by atoms with Gasteiger partial charge in [0.1, 0.15) is 0 Å². The van der Waals surface area contributed by atoms with Crippen molar-refractivity contribution in [3.05, 3.63) is 24.3 Å². The molecule has 4 heteroatoms. The molecule has 4 nitrogen and oxygen atoms in total. The molecule has 0 spiro atoms. The van der Waals surface area contributed by atoms with Crippen LogP contribution in [-0.2, 0) is 4.79 Å². The molecule has 0 aliphatic carbocycles. The third kappa shape index (κ3) is 5.19. The second-order valence-corrected chi connectivity index (χ2v) is 4.22. The highest BCUT2D eigenvalue weighted by atomic mass is 16.1. The Morgan fingerprint density at radius 2 is 1.89 bits per heavy atom. The number of anilines is 2. The van der Waals surface area contributed by atoms with E-state index in [1.807, 2.05) is 24.3 Å². The molecule has 0 aromatic heterocycles. The van der Waals surface area contributed by atoms with Gasteiger partial charge in [0.15, 0.2) is 0 Å². The standard InChI is InChI=1S/C14H23N3O/c1-4-17(5-2)10-9-15-13-7-6-8-14(11-13)16-12(3)18/h6-8,11,15H,4-5,9-10H2,1-3H3,(H,16,18). The fourth-order valence-corrected chi connectivity index (χ4v) is 1.81. The molecule has 1 rings (SSSR count). The zero-order chi connectivity index (χ0) is 13.4. The number of nitrogens with one attached hydrogen (secondary N) is 2. The van der Waals surface area contributed by atoms with Gasteiger partial charge < -0.3 is 15.5 Å². The highest BCUT2D eigenvalue weighted by Crippen LogP contribution is 2.14. The Hall–Kier alpha value is -1.55. The molecule has 0 bridgehead atoms. The summed E-state index contributed by atoms with van der Waals surface area (Å²) in [5.74, 6) is -0.0460. The molecule has 2 N–H and O–H groups in total. The van der Waals surface area contributed by atoms with E-state index in [0.29, 0.717) is 0 Å². The minimum atomic E-state index is -0.0460. The highest BCUT2D eigenvalue weighted by Gasteiger charge is 2.00. The van der Waals surface area contributed by atoms with E-state index in [1.165, 1.54) is 6.92 Å². The van der Waals surface area contributed by atoms with Crippen molar-refractivity contribution in [2.45, 2.75) is 20.8 Å². The number of carbonyl (C=O) groups is 1. The molecular formula is C14H23N3O. The van der Waals surface area contributed by atoms with Gasteiger partial charge in [-0.3, -0.25) is 4.79 Å². The number of likely N-dealkylation sites (N-methyl/N-ethyl adjacent to an activating group) is 1. The van der Waals surface area contributed by atoms with Crippen molar-refractivity contribution >= 4 is 17.3 Å². The molecule has 18 heavy (non-hydrogen) atoms. The van der Waals surface area contributed by atoms with Gasteiger partial charge in [0, 0.05) is 31.4 Å². The van der Waals surface area contributed by atoms with Gasteiger partial charge in [-0.25, -0.2) is 0 Å². The van der Waals surface area contributed by atoms with Crippen molar-refractivity contribution in [3.8, 4) is 0 Å².